The van der Waals surface area contributed by atoms with Crippen molar-refractivity contribution in [2.24, 2.45) is 5.14 Å². The Hall–Kier alpha value is -1.81. The maximum absolute atomic E-state index is 11.4. The quantitative estimate of drug-likeness (QED) is 0.280. The lowest BCUT2D eigenvalue weighted by molar-refractivity contribution is 0.267. The van der Waals surface area contributed by atoms with Gasteiger partial charge in [0.05, 0.1) is 16.0 Å². The van der Waals surface area contributed by atoms with Gasteiger partial charge >= 0.3 is 0 Å². The van der Waals surface area contributed by atoms with Crippen LogP contribution in [0.5, 0.6) is 11.5 Å². The molecule has 0 heterocycles. The Labute approximate surface area is 218 Å². The second-order valence-electron chi connectivity index (χ2n) is 7.48. The normalized spacial score (nSPS) is 11.4. The molecular formula is C24H25BrCl2N2O4S. The molecule has 0 unspecified atom stereocenters. The molecule has 0 aliphatic rings. The molecule has 0 aliphatic heterocycles. The molecule has 182 valence electrons. The Morgan fingerprint density at radius 1 is 1.00 bits per heavy atom. The van der Waals surface area contributed by atoms with Gasteiger partial charge in [0, 0.05) is 22.2 Å². The summed E-state index contributed by atoms with van der Waals surface area (Å²) in [5.74, 6) is 1.24. The number of rotatable bonds is 11. The smallest absolute Gasteiger partial charge is 0.238 e. The van der Waals surface area contributed by atoms with Crippen LogP contribution in [0, 0.1) is 0 Å². The first-order chi connectivity index (χ1) is 16.2. The van der Waals surface area contributed by atoms with E-state index >= 15 is 0 Å². The first-order valence-electron chi connectivity index (χ1n) is 10.5. The zero-order valence-electron chi connectivity index (χ0n) is 18.5. The average Bonchev–Trinajstić information content (AvgIpc) is 2.77. The highest BCUT2D eigenvalue weighted by Gasteiger charge is 2.14. The number of benzene rings is 3. The van der Waals surface area contributed by atoms with Gasteiger partial charge in [-0.15, -0.1) is 0 Å². The van der Waals surface area contributed by atoms with Crippen LogP contribution in [-0.4, -0.2) is 21.6 Å². The third-order valence-electron chi connectivity index (χ3n) is 4.93. The van der Waals surface area contributed by atoms with Gasteiger partial charge in [0.15, 0.2) is 11.5 Å². The van der Waals surface area contributed by atoms with Crippen molar-refractivity contribution in [1.29, 1.82) is 0 Å². The largest absolute Gasteiger partial charge is 0.490 e. The van der Waals surface area contributed by atoms with Crippen molar-refractivity contribution >= 4 is 49.2 Å². The minimum absolute atomic E-state index is 0.109. The van der Waals surface area contributed by atoms with E-state index < -0.39 is 10.0 Å². The van der Waals surface area contributed by atoms with E-state index in [1.807, 2.05) is 25.1 Å². The van der Waals surface area contributed by atoms with Crippen molar-refractivity contribution in [1.82, 2.24) is 5.32 Å². The molecule has 0 amide bonds. The van der Waals surface area contributed by atoms with Crippen molar-refractivity contribution in [3.05, 3.63) is 85.8 Å². The molecule has 0 bridgehead atoms. The summed E-state index contributed by atoms with van der Waals surface area (Å²) in [5.41, 5.74) is 2.86. The van der Waals surface area contributed by atoms with Crippen molar-refractivity contribution in [3.8, 4) is 11.5 Å². The molecule has 3 aromatic rings. The molecule has 6 nitrogen and oxygen atoms in total. The first kappa shape index (κ1) is 26.8. The Balaban J connectivity index is 1.60. The van der Waals surface area contributed by atoms with E-state index in [4.69, 9.17) is 37.8 Å². The van der Waals surface area contributed by atoms with Crippen molar-refractivity contribution in [2.75, 3.05) is 13.2 Å². The van der Waals surface area contributed by atoms with Crippen LogP contribution in [0.1, 0.15) is 23.6 Å². The van der Waals surface area contributed by atoms with E-state index in [0.717, 1.165) is 27.6 Å². The van der Waals surface area contributed by atoms with Gasteiger partial charge in [0.2, 0.25) is 10.0 Å². The predicted octanol–water partition coefficient (Wildman–Crippen LogP) is 5.71. The summed E-state index contributed by atoms with van der Waals surface area (Å²) in [4.78, 5) is 0.109. The number of primary sulfonamides is 1. The Morgan fingerprint density at radius 3 is 2.38 bits per heavy atom. The minimum atomic E-state index is -3.68. The highest BCUT2D eigenvalue weighted by Crippen LogP contribution is 2.38. The highest BCUT2D eigenvalue weighted by atomic mass is 79.9. The molecule has 0 atom stereocenters. The topological polar surface area (TPSA) is 90.6 Å². The van der Waals surface area contributed by atoms with Gasteiger partial charge in [0.25, 0.3) is 0 Å². The minimum Gasteiger partial charge on any atom is -0.490 e. The maximum Gasteiger partial charge on any atom is 0.238 e. The lowest BCUT2D eigenvalue weighted by Gasteiger charge is -2.16. The van der Waals surface area contributed by atoms with Gasteiger partial charge in [0.1, 0.15) is 6.61 Å². The van der Waals surface area contributed by atoms with E-state index in [1.165, 1.54) is 12.1 Å². The van der Waals surface area contributed by atoms with Gasteiger partial charge in [-0.2, -0.15) is 0 Å². The van der Waals surface area contributed by atoms with E-state index in [1.54, 1.807) is 24.3 Å². The fourth-order valence-electron chi connectivity index (χ4n) is 3.23. The van der Waals surface area contributed by atoms with Crippen molar-refractivity contribution in [2.45, 2.75) is 31.4 Å². The second kappa shape index (κ2) is 12.2. The van der Waals surface area contributed by atoms with Gasteiger partial charge in [-0.1, -0.05) is 41.4 Å². The fraction of sp³-hybridized carbons (Fsp3) is 0.250. The predicted molar refractivity (Wildman–Crippen MR) is 139 cm³/mol. The average molecular weight is 588 g/mol. The molecule has 0 fully saturated rings. The van der Waals surface area contributed by atoms with Crippen molar-refractivity contribution < 1.29 is 17.9 Å². The lowest BCUT2D eigenvalue weighted by atomic mass is 10.1. The van der Waals surface area contributed by atoms with E-state index in [2.05, 4.69) is 21.2 Å². The number of sulfonamides is 1. The molecule has 0 radical (unpaired) electrons. The zero-order valence-corrected chi connectivity index (χ0v) is 22.4. The van der Waals surface area contributed by atoms with Gasteiger partial charge in [-0.25, -0.2) is 13.6 Å². The van der Waals surface area contributed by atoms with Crippen LogP contribution in [0.15, 0.2) is 64.0 Å². The van der Waals surface area contributed by atoms with E-state index in [9.17, 15) is 8.42 Å². The Morgan fingerprint density at radius 2 is 1.74 bits per heavy atom. The molecule has 0 saturated carbocycles. The van der Waals surface area contributed by atoms with Crippen LogP contribution >= 0.6 is 39.1 Å². The number of hydrogen-bond acceptors (Lipinski definition) is 5. The summed E-state index contributed by atoms with van der Waals surface area (Å²) in [6.45, 7) is 4.02. The molecule has 0 aromatic heterocycles. The SMILES string of the molecule is CCOc1cc(CNCCc2ccc(S(N)(=O)=O)cc2)cc(Br)c1OCc1ccc(Cl)cc1Cl. The molecule has 0 saturated heterocycles. The monoisotopic (exact) mass is 586 g/mol. The molecule has 0 spiro atoms. The third kappa shape index (κ3) is 7.60. The number of hydrogen-bond donors (Lipinski definition) is 2. The zero-order chi connectivity index (χ0) is 24.7. The Kier molecular flexibility index (Phi) is 9.65. The molecule has 3 N–H and O–H groups in total. The van der Waals surface area contributed by atoms with Gasteiger partial charge in [-0.3, -0.25) is 0 Å². The third-order valence-corrected chi connectivity index (χ3v) is 7.03. The number of nitrogens with two attached hydrogens (primary N) is 1. The summed E-state index contributed by atoms with van der Waals surface area (Å²) in [7, 11) is -3.68. The highest BCUT2D eigenvalue weighted by molar-refractivity contribution is 9.10. The lowest BCUT2D eigenvalue weighted by Crippen LogP contribution is -2.17. The maximum atomic E-state index is 11.4. The summed E-state index contributed by atoms with van der Waals surface area (Å²) in [6.07, 6.45) is 0.743. The summed E-state index contributed by atoms with van der Waals surface area (Å²) in [6, 6.07) is 15.8. The van der Waals surface area contributed by atoms with E-state index in [0.29, 0.717) is 41.2 Å². The molecule has 3 rings (SSSR count). The summed E-state index contributed by atoms with van der Waals surface area (Å²) >= 11 is 15.8. The van der Waals surface area contributed by atoms with Crippen LogP contribution in [0.25, 0.3) is 0 Å². The van der Waals surface area contributed by atoms with Crippen LogP contribution < -0.4 is 19.9 Å². The standard InChI is InChI=1S/C24H25BrCl2N2O4S/c1-2-32-23-12-17(14-29-10-9-16-3-7-20(8-4-16)34(28,30)31)11-21(25)24(23)33-15-18-5-6-19(26)13-22(18)27/h3-8,11-13,29H,2,9-10,14-15H2,1H3,(H2,28,30,31). The fourth-order valence-corrected chi connectivity index (χ4v) is 4.81. The van der Waals surface area contributed by atoms with Gasteiger partial charge < -0.3 is 14.8 Å². The van der Waals surface area contributed by atoms with Crippen LogP contribution in [0.3, 0.4) is 0 Å². The molecule has 0 aliphatic carbocycles. The Bertz CT molecular complexity index is 1240. The first-order valence-corrected chi connectivity index (χ1v) is 13.6. The van der Waals surface area contributed by atoms with Crippen LogP contribution in [0.2, 0.25) is 10.0 Å². The van der Waals surface area contributed by atoms with Gasteiger partial charge in [-0.05, 0) is 83.3 Å². The molecule has 34 heavy (non-hydrogen) atoms. The number of ether oxygens (including phenoxy) is 2. The molecule has 10 heteroatoms. The summed E-state index contributed by atoms with van der Waals surface area (Å²) in [5, 5.41) is 9.64. The molecule has 3 aromatic carbocycles. The second-order valence-corrected chi connectivity index (χ2v) is 10.7. The van der Waals surface area contributed by atoms with E-state index in [-0.39, 0.29) is 11.5 Å². The van der Waals surface area contributed by atoms with Crippen LogP contribution in [-0.2, 0) is 29.6 Å². The number of halogens is 3. The van der Waals surface area contributed by atoms with Crippen LogP contribution in [0.4, 0.5) is 0 Å². The summed E-state index contributed by atoms with van der Waals surface area (Å²) < 4.78 is 35.3. The molecular weight excluding hydrogens is 563 g/mol. The number of nitrogens with one attached hydrogen (secondary N) is 1. The van der Waals surface area contributed by atoms with Crippen molar-refractivity contribution in [3.63, 3.8) is 0 Å².